The fourth-order valence-corrected chi connectivity index (χ4v) is 1.97. The Balaban J connectivity index is 2.65. The molecular weight excluding hydrogens is 184 g/mol. The second-order valence-electron chi connectivity index (χ2n) is 4.40. The molecule has 1 aliphatic heterocycles. The normalized spacial score (nSPS) is 23.1. The van der Waals surface area contributed by atoms with Crippen molar-refractivity contribution in [2.75, 3.05) is 5.32 Å². The summed E-state index contributed by atoms with van der Waals surface area (Å²) in [7, 11) is 0. The number of hydrogen-bond donors (Lipinski definition) is 1. The lowest BCUT2D eigenvalue weighted by atomic mass is 9.81. The highest BCUT2D eigenvalue weighted by atomic mass is 19.1. The molecule has 0 bridgehead atoms. The van der Waals surface area contributed by atoms with Crippen LogP contribution in [0.5, 0.6) is 0 Å². The van der Waals surface area contributed by atoms with E-state index >= 15 is 0 Å². The molecular formula is C11H13F2N. The van der Waals surface area contributed by atoms with E-state index in [0.717, 1.165) is 6.07 Å². The van der Waals surface area contributed by atoms with Crippen molar-refractivity contribution in [1.82, 2.24) is 0 Å². The minimum Gasteiger partial charge on any atom is -0.381 e. The summed E-state index contributed by atoms with van der Waals surface area (Å²) in [5.41, 5.74) is 0.888. The van der Waals surface area contributed by atoms with Crippen molar-refractivity contribution in [3.8, 4) is 0 Å². The summed E-state index contributed by atoms with van der Waals surface area (Å²) in [6.07, 6.45) is 0. The fraction of sp³-hybridized carbons (Fsp3) is 0.455. The van der Waals surface area contributed by atoms with E-state index in [1.807, 2.05) is 20.8 Å². The van der Waals surface area contributed by atoms with Gasteiger partial charge in [-0.25, -0.2) is 8.78 Å². The average Bonchev–Trinajstić information content (AvgIpc) is 2.21. The third kappa shape index (κ3) is 1.11. The molecule has 14 heavy (non-hydrogen) atoms. The Hall–Kier alpha value is -1.12. The molecule has 0 spiro atoms. The Bertz CT molecular complexity index is 385. The van der Waals surface area contributed by atoms with Gasteiger partial charge in [-0.05, 0) is 13.0 Å². The van der Waals surface area contributed by atoms with Crippen molar-refractivity contribution < 1.29 is 8.78 Å². The standard InChI is InChI=1S/C11H13F2N/c1-6-11(2,3)10-8(13)4-7(12)5-9(10)14-6/h4-6,14H,1-3H3/t6-/m0/s1. The summed E-state index contributed by atoms with van der Waals surface area (Å²) >= 11 is 0. The molecule has 0 radical (unpaired) electrons. The van der Waals surface area contributed by atoms with E-state index in [1.54, 1.807) is 0 Å². The number of nitrogens with one attached hydrogen (secondary N) is 1. The Morgan fingerprint density at radius 1 is 1.29 bits per heavy atom. The number of anilines is 1. The van der Waals surface area contributed by atoms with E-state index in [-0.39, 0.29) is 11.5 Å². The zero-order valence-electron chi connectivity index (χ0n) is 8.49. The highest BCUT2D eigenvalue weighted by molar-refractivity contribution is 5.62. The van der Waals surface area contributed by atoms with Crippen LogP contribution >= 0.6 is 0 Å². The molecule has 2 rings (SSSR count). The maximum atomic E-state index is 13.5. The van der Waals surface area contributed by atoms with Crippen LogP contribution in [0.25, 0.3) is 0 Å². The molecule has 1 aromatic carbocycles. The Labute approximate surface area is 82.1 Å². The van der Waals surface area contributed by atoms with Crippen molar-refractivity contribution in [2.24, 2.45) is 0 Å². The molecule has 0 aliphatic carbocycles. The first-order valence-corrected chi connectivity index (χ1v) is 4.69. The first-order chi connectivity index (χ1) is 6.43. The molecule has 0 aromatic heterocycles. The van der Waals surface area contributed by atoms with E-state index in [4.69, 9.17) is 0 Å². The van der Waals surface area contributed by atoms with Crippen molar-refractivity contribution in [2.45, 2.75) is 32.2 Å². The minimum atomic E-state index is -0.529. The molecule has 0 saturated heterocycles. The van der Waals surface area contributed by atoms with Gasteiger partial charge >= 0.3 is 0 Å². The maximum Gasteiger partial charge on any atom is 0.131 e. The molecule has 3 heteroatoms. The summed E-state index contributed by atoms with van der Waals surface area (Å²) < 4.78 is 26.5. The smallest absolute Gasteiger partial charge is 0.131 e. The second kappa shape index (κ2) is 2.69. The van der Waals surface area contributed by atoms with Gasteiger partial charge in [0.25, 0.3) is 0 Å². The van der Waals surface area contributed by atoms with Crippen LogP contribution in [-0.2, 0) is 5.41 Å². The summed E-state index contributed by atoms with van der Waals surface area (Å²) in [4.78, 5) is 0. The van der Waals surface area contributed by atoms with Crippen LogP contribution in [-0.4, -0.2) is 6.04 Å². The van der Waals surface area contributed by atoms with Gasteiger partial charge in [-0.15, -0.1) is 0 Å². The van der Waals surface area contributed by atoms with Crippen LogP contribution in [0, 0.1) is 11.6 Å². The molecule has 1 heterocycles. The molecule has 1 aliphatic rings. The Morgan fingerprint density at radius 3 is 2.57 bits per heavy atom. The number of hydrogen-bond acceptors (Lipinski definition) is 1. The number of rotatable bonds is 0. The largest absolute Gasteiger partial charge is 0.381 e. The monoisotopic (exact) mass is 197 g/mol. The molecule has 0 unspecified atom stereocenters. The van der Waals surface area contributed by atoms with Gasteiger partial charge in [-0.2, -0.15) is 0 Å². The van der Waals surface area contributed by atoms with Crippen LogP contribution < -0.4 is 5.32 Å². The molecule has 0 fully saturated rings. The summed E-state index contributed by atoms with van der Waals surface area (Å²) in [5.74, 6) is -0.986. The van der Waals surface area contributed by atoms with Gasteiger partial charge in [0, 0.05) is 28.8 Å². The van der Waals surface area contributed by atoms with Crippen LogP contribution in [0.2, 0.25) is 0 Å². The predicted molar refractivity (Wildman–Crippen MR) is 52.5 cm³/mol. The van der Waals surface area contributed by atoms with Crippen LogP contribution in [0.15, 0.2) is 12.1 Å². The highest BCUT2D eigenvalue weighted by Crippen LogP contribution is 2.42. The topological polar surface area (TPSA) is 12.0 Å². The summed E-state index contributed by atoms with van der Waals surface area (Å²) in [6.45, 7) is 5.88. The zero-order valence-corrected chi connectivity index (χ0v) is 8.49. The van der Waals surface area contributed by atoms with Gasteiger partial charge in [0.05, 0.1) is 0 Å². The molecule has 76 valence electrons. The van der Waals surface area contributed by atoms with Gasteiger partial charge in [0.1, 0.15) is 11.6 Å². The Morgan fingerprint density at radius 2 is 1.93 bits per heavy atom. The fourth-order valence-electron chi connectivity index (χ4n) is 1.97. The van der Waals surface area contributed by atoms with Crippen molar-refractivity contribution in [3.05, 3.63) is 29.3 Å². The summed E-state index contributed by atoms with van der Waals surface area (Å²) in [6, 6.07) is 2.41. The zero-order chi connectivity index (χ0) is 10.5. The van der Waals surface area contributed by atoms with E-state index < -0.39 is 11.6 Å². The van der Waals surface area contributed by atoms with E-state index in [1.165, 1.54) is 6.07 Å². The number of benzene rings is 1. The molecule has 1 N–H and O–H groups in total. The second-order valence-corrected chi connectivity index (χ2v) is 4.40. The molecule has 0 amide bonds. The number of halogens is 2. The molecule has 1 nitrogen and oxygen atoms in total. The lowest BCUT2D eigenvalue weighted by Gasteiger charge is -2.24. The third-order valence-corrected chi connectivity index (χ3v) is 3.15. The highest BCUT2D eigenvalue weighted by Gasteiger charge is 2.39. The van der Waals surface area contributed by atoms with Gasteiger partial charge in [0.15, 0.2) is 0 Å². The quantitative estimate of drug-likeness (QED) is 0.674. The third-order valence-electron chi connectivity index (χ3n) is 3.15. The van der Waals surface area contributed by atoms with Crippen molar-refractivity contribution >= 4 is 5.69 Å². The SMILES string of the molecule is C[C@@H]1Nc2cc(F)cc(F)c2C1(C)C. The Kier molecular flexibility index (Phi) is 1.81. The van der Waals surface area contributed by atoms with Gasteiger partial charge < -0.3 is 5.32 Å². The van der Waals surface area contributed by atoms with Gasteiger partial charge in [0.2, 0.25) is 0 Å². The van der Waals surface area contributed by atoms with E-state index in [0.29, 0.717) is 11.3 Å². The molecule has 1 aromatic rings. The van der Waals surface area contributed by atoms with Crippen molar-refractivity contribution in [3.63, 3.8) is 0 Å². The lowest BCUT2D eigenvalue weighted by molar-refractivity contribution is 0.457. The number of fused-ring (bicyclic) bond motifs is 1. The maximum absolute atomic E-state index is 13.5. The van der Waals surface area contributed by atoms with Crippen LogP contribution in [0.4, 0.5) is 14.5 Å². The average molecular weight is 197 g/mol. The van der Waals surface area contributed by atoms with E-state index in [2.05, 4.69) is 5.32 Å². The van der Waals surface area contributed by atoms with E-state index in [9.17, 15) is 8.78 Å². The first kappa shape index (κ1) is 9.44. The lowest BCUT2D eigenvalue weighted by Crippen LogP contribution is -2.30. The minimum absolute atomic E-state index is 0.119. The van der Waals surface area contributed by atoms with Crippen LogP contribution in [0.1, 0.15) is 26.3 Å². The van der Waals surface area contributed by atoms with Crippen LogP contribution in [0.3, 0.4) is 0 Å². The van der Waals surface area contributed by atoms with Gasteiger partial charge in [-0.3, -0.25) is 0 Å². The first-order valence-electron chi connectivity index (χ1n) is 4.69. The predicted octanol–water partition coefficient (Wildman–Crippen LogP) is 3.06. The summed E-state index contributed by atoms with van der Waals surface area (Å²) in [5, 5.41) is 3.09. The van der Waals surface area contributed by atoms with Gasteiger partial charge in [-0.1, -0.05) is 13.8 Å². The molecule has 0 saturated carbocycles. The molecule has 1 atom stereocenters. The van der Waals surface area contributed by atoms with Crippen molar-refractivity contribution in [1.29, 1.82) is 0 Å².